The summed E-state index contributed by atoms with van der Waals surface area (Å²) < 4.78 is 10.3. The molecular weight excluding hydrogens is 244 g/mol. The normalized spacial score (nSPS) is 9.74. The quantitative estimate of drug-likeness (QED) is 0.910. The zero-order chi connectivity index (χ0) is 13.8. The molecule has 0 aliphatic rings. The highest BCUT2D eigenvalue weighted by atomic mass is 16.5. The number of rotatable bonds is 3. The van der Waals surface area contributed by atoms with Crippen LogP contribution >= 0.6 is 0 Å². The van der Waals surface area contributed by atoms with Gasteiger partial charge in [0.15, 0.2) is 0 Å². The van der Waals surface area contributed by atoms with Crippen LogP contribution in [-0.2, 0) is 0 Å². The number of nitrogens with one attached hydrogen (secondary N) is 1. The number of nitrogens with zero attached hydrogens (tertiary/aromatic N) is 1. The van der Waals surface area contributed by atoms with Crippen LogP contribution in [0.4, 0.5) is 0 Å². The third-order valence-electron chi connectivity index (χ3n) is 2.69. The predicted molar refractivity (Wildman–Crippen MR) is 70.3 cm³/mol. The predicted octanol–water partition coefficient (Wildman–Crippen LogP) is 1.93. The van der Waals surface area contributed by atoms with Gasteiger partial charge < -0.3 is 14.5 Å². The van der Waals surface area contributed by atoms with E-state index in [2.05, 4.69) is 4.98 Å². The smallest absolute Gasteiger partial charge is 0.266 e. The highest BCUT2D eigenvalue weighted by Crippen LogP contribution is 2.28. The van der Waals surface area contributed by atoms with E-state index >= 15 is 0 Å². The first-order valence-electron chi connectivity index (χ1n) is 5.55. The average molecular weight is 256 g/mol. The second-order valence-electron chi connectivity index (χ2n) is 3.83. The fourth-order valence-electron chi connectivity index (χ4n) is 1.69. The second-order valence-corrected chi connectivity index (χ2v) is 3.83. The third kappa shape index (κ3) is 2.58. The Morgan fingerprint density at radius 3 is 2.21 bits per heavy atom. The van der Waals surface area contributed by atoms with Crippen molar-refractivity contribution < 1.29 is 9.47 Å². The van der Waals surface area contributed by atoms with Gasteiger partial charge >= 0.3 is 0 Å². The molecule has 0 radical (unpaired) electrons. The van der Waals surface area contributed by atoms with Gasteiger partial charge in [-0.05, 0) is 24.3 Å². The van der Waals surface area contributed by atoms with Crippen molar-refractivity contribution >= 4 is 0 Å². The van der Waals surface area contributed by atoms with Crippen LogP contribution in [0, 0.1) is 11.3 Å². The number of aromatic amines is 1. The van der Waals surface area contributed by atoms with Crippen molar-refractivity contribution in [1.82, 2.24) is 4.98 Å². The number of H-pyrrole nitrogens is 1. The number of hydrogen-bond acceptors (Lipinski definition) is 4. The lowest BCUT2D eigenvalue weighted by Crippen LogP contribution is -2.10. The highest BCUT2D eigenvalue weighted by molar-refractivity contribution is 5.64. The molecule has 0 aliphatic heterocycles. The summed E-state index contributed by atoms with van der Waals surface area (Å²) in [5.41, 5.74) is 1.01. The van der Waals surface area contributed by atoms with Gasteiger partial charge in [-0.1, -0.05) is 0 Å². The molecule has 0 bridgehead atoms. The first-order valence-corrected chi connectivity index (χ1v) is 5.55. The molecule has 1 aromatic heterocycles. The van der Waals surface area contributed by atoms with Crippen molar-refractivity contribution in [2.24, 2.45) is 0 Å². The van der Waals surface area contributed by atoms with E-state index in [1.807, 2.05) is 6.07 Å². The van der Waals surface area contributed by atoms with E-state index in [9.17, 15) is 4.79 Å². The summed E-state index contributed by atoms with van der Waals surface area (Å²) in [4.78, 5) is 14.3. The standard InChI is InChI=1S/C14H12N2O3/c1-18-11-5-10(6-12(7-11)19-2)13-4-3-9(8-15)14(17)16-13/h3-7H,1-2H3,(H,16,17). The van der Waals surface area contributed by atoms with Gasteiger partial charge in [-0.2, -0.15) is 5.26 Å². The summed E-state index contributed by atoms with van der Waals surface area (Å²) >= 11 is 0. The van der Waals surface area contributed by atoms with Gasteiger partial charge in [-0.25, -0.2) is 0 Å². The Labute approximate surface area is 110 Å². The van der Waals surface area contributed by atoms with Gasteiger partial charge in [0.25, 0.3) is 5.56 Å². The minimum Gasteiger partial charge on any atom is -0.497 e. The first kappa shape index (κ1) is 12.7. The minimum absolute atomic E-state index is 0.0820. The third-order valence-corrected chi connectivity index (χ3v) is 2.69. The summed E-state index contributed by atoms with van der Waals surface area (Å²) in [5, 5.41) is 8.73. The number of nitriles is 1. The fourth-order valence-corrected chi connectivity index (χ4v) is 1.69. The van der Waals surface area contributed by atoms with Crippen molar-refractivity contribution in [3.63, 3.8) is 0 Å². The van der Waals surface area contributed by atoms with Crippen LogP contribution in [0.25, 0.3) is 11.3 Å². The molecule has 1 aromatic carbocycles. The van der Waals surface area contributed by atoms with Gasteiger partial charge in [-0.15, -0.1) is 0 Å². The van der Waals surface area contributed by atoms with Crippen molar-refractivity contribution in [1.29, 1.82) is 5.26 Å². The Morgan fingerprint density at radius 2 is 1.74 bits per heavy atom. The van der Waals surface area contributed by atoms with E-state index < -0.39 is 5.56 Å². The van der Waals surface area contributed by atoms with Gasteiger partial charge in [0.2, 0.25) is 0 Å². The van der Waals surface area contributed by atoms with E-state index in [1.165, 1.54) is 6.07 Å². The number of aromatic nitrogens is 1. The minimum atomic E-state index is -0.415. The largest absolute Gasteiger partial charge is 0.497 e. The van der Waals surface area contributed by atoms with E-state index in [1.54, 1.807) is 38.5 Å². The maximum atomic E-state index is 11.6. The van der Waals surface area contributed by atoms with Crippen LogP contribution in [0.5, 0.6) is 11.5 Å². The van der Waals surface area contributed by atoms with Crippen LogP contribution in [0.2, 0.25) is 0 Å². The Bertz CT molecular complexity index is 676. The topological polar surface area (TPSA) is 75.1 Å². The molecule has 5 heteroatoms. The van der Waals surface area contributed by atoms with Crippen molar-refractivity contribution in [2.75, 3.05) is 14.2 Å². The number of ether oxygens (including phenoxy) is 2. The maximum absolute atomic E-state index is 11.6. The summed E-state index contributed by atoms with van der Waals surface area (Å²) in [6, 6.07) is 10.3. The van der Waals surface area contributed by atoms with Crippen LogP contribution in [0.3, 0.4) is 0 Å². The van der Waals surface area contributed by atoms with Crippen LogP contribution < -0.4 is 15.0 Å². The summed E-state index contributed by atoms with van der Waals surface area (Å²) in [6.07, 6.45) is 0. The number of benzene rings is 1. The molecule has 0 aliphatic carbocycles. The van der Waals surface area contributed by atoms with Crippen molar-refractivity contribution in [3.8, 4) is 28.8 Å². The van der Waals surface area contributed by atoms with E-state index in [-0.39, 0.29) is 5.56 Å². The van der Waals surface area contributed by atoms with Gasteiger partial charge in [-0.3, -0.25) is 4.79 Å². The Kier molecular flexibility index (Phi) is 3.53. The number of methoxy groups -OCH3 is 2. The fraction of sp³-hybridized carbons (Fsp3) is 0.143. The lowest BCUT2D eigenvalue weighted by molar-refractivity contribution is 0.394. The molecule has 2 rings (SSSR count). The molecule has 96 valence electrons. The molecule has 2 aromatic rings. The molecule has 0 spiro atoms. The lowest BCUT2D eigenvalue weighted by Gasteiger charge is -2.08. The number of hydrogen-bond donors (Lipinski definition) is 1. The molecule has 0 unspecified atom stereocenters. The Balaban J connectivity index is 2.55. The summed E-state index contributed by atoms with van der Waals surface area (Å²) in [7, 11) is 3.11. The first-order chi connectivity index (χ1) is 9.17. The molecule has 19 heavy (non-hydrogen) atoms. The molecular formula is C14H12N2O3. The average Bonchev–Trinajstić information content (AvgIpc) is 2.46. The van der Waals surface area contributed by atoms with Crippen molar-refractivity contribution in [2.45, 2.75) is 0 Å². The second kappa shape index (κ2) is 5.27. The molecule has 0 saturated heterocycles. The van der Waals surface area contributed by atoms with E-state index in [0.717, 1.165) is 5.56 Å². The van der Waals surface area contributed by atoms with Crippen LogP contribution in [0.1, 0.15) is 5.56 Å². The van der Waals surface area contributed by atoms with E-state index in [0.29, 0.717) is 17.2 Å². The van der Waals surface area contributed by atoms with Crippen LogP contribution in [-0.4, -0.2) is 19.2 Å². The molecule has 1 N–H and O–H groups in total. The molecule has 0 atom stereocenters. The van der Waals surface area contributed by atoms with Crippen molar-refractivity contribution in [3.05, 3.63) is 46.2 Å². The molecule has 5 nitrogen and oxygen atoms in total. The zero-order valence-corrected chi connectivity index (χ0v) is 10.6. The van der Waals surface area contributed by atoms with Crippen LogP contribution in [0.15, 0.2) is 35.1 Å². The number of pyridine rings is 1. The maximum Gasteiger partial charge on any atom is 0.266 e. The highest BCUT2D eigenvalue weighted by Gasteiger charge is 2.06. The monoisotopic (exact) mass is 256 g/mol. The summed E-state index contributed by atoms with van der Waals surface area (Å²) in [5.74, 6) is 1.25. The van der Waals surface area contributed by atoms with Gasteiger partial charge in [0.1, 0.15) is 23.1 Å². The zero-order valence-electron chi connectivity index (χ0n) is 10.6. The molecule has 1 heterocycles. The molecule has 0 amide bonds. The lowest BCUT2D eigenvalue weighted by atomic mass is 10.1. The van der Waals surface area contributed by atoms with Gasteiger partial charge in [0.05, 0.1) is 14.2 Å². The van der Waals surface area contributed by atoms with E-state index in [4.69, 9.17) is 14.7 Å². The Hall–Kier alpha value is -2.74. The SMILES string of the molecule is COc1cc(OC)cc(-c2ccc(C#N)c(=O)[nH]2)c1. The summed E-state index contributed by atoms with van der Waals surface area (Å²) in [6.45, 7) is 0. The van der Waals surface area contributed by atoms with Gasteiger partial charge in [0, 0.05) is 17.3 Å². The Morgan fingerprint density at radius 1 is 1.11 bits per heavy atom. The molecule has 0 fully saturated rings. The molecule has 0 saturated carbocycles.